The molecular formula is C6H13NS3. The molecule has 0 spiro atoms. The van der Waals surface area contributed by atoms with Crippen molar-refractivity contribution in [3.8, 4) is 0 Å². The van der Waals surface area contributed by atoms with Crippen LogP contribution in [0.15, 0.2) is 0 Å². The van der Waals surface area contributed by atoms with Crippen molar-refractivity contribution in [2.75, 3.05) is 7.05 Å². The molecule has 0 aliphatic heterocycles. The van der Waals surface area contributed by atoms with Gasteiger partial charge in [-0.15, -0.1) is 0 Å². The Morgan fingerprint density at radius 3 is 2.20 bits per heavy atom. The molecule has 0 saturated carbocycles. The van der Waals surface area contributed by atoms with Crippen LogP contribution in [0.1, 0.15) is 20.8 Å². The highest BCUT2D eigenvalue weighted by molar-refractivity contribution is 8.84. The maximum atomic E-state index is 4.95. The van der Waals surface area contributed by atoms with Crippen molar-refractivity contribution >= 4 is 38.1 Å². The molecule has 1 nitrogen and oxygen atoms in total. The lowest BCUT2D eigenvalue weighted by molar-refractivity contribution is 0.810. The fourth-order valence-electron chi connectivity index (χ4n) is 0.205. The Bertz CT molecular complexity index is 117. The molecule has 0 rings (SSSR count). The van der Waals surface area contributed by atoms with E-state index in [4.69, 9.17) is 12.2 Å². The third kappa shape index (κ3) is 6.71. The van der Waals surface area contributed by atoms with Crippen molar-refractivity contribution in [1.29, 1.82) is 0 Å². The lowest BCUT2D eigenvalue weighted by atomic mass is 10.3. The van der Waals surface area contributed by atoms with E-state index in [-0.39, 0.29) is 4.75 Å². The van der Waals surface area contributed by atoms with Gasteiger partial charge in [-0.2, -0.15) is 0 Å². The first kappa shape index (κ1) is 10.6. The van der Waals surface area contributed by atoms with Crippen LogP contribution in [0.2, 0.25) is 0 Å². The molecule has 0 aliphatic carbocycles. The molecule has 0 bridgehead atoms. The smallest absolute Gasteiger partial charge is 0.144 e. The third-order valence-corrected chi connectivity index (χ3v) is 4.53. The van der Waals surface area contributed by atoms with Crippen LogP contribution in [0, 0.1) is 0 Å². The Labute approximate surface area is 76.1 Å². The summed E-state index contributed by atoms with van der Waals surface area (Å²) in [6.07, 6.45) is 0. The molecule has 0 saturated heterocycles. The van der Waals surface area contributed by atoms with Crippen LogP contribution in [0.4, 0.5) is 0 Å². The summed E-state index contributed by atoms with van der Waals surface area (Å²) < 4.78 is 1.13. The van der Waals surface area contributed by atoms with Crippen LogP contribution in [0.5, 0.6) is 0 Å². The van der Waals surface area contributed by atoms with Gasteiger partial charge in [-0.05, 0) is 10.8 Å². The summed E-state index contributed by atoms with van der Waals surface area (Å²) >= 11 is 4.95. The Kier molecular flexibility index (Phi) is 4.73. The van der Waals surface area contributed by atoms with Crippen molar-refractivity contribution in [3.05, 3.63) is 0 Å². The number of hydrogen-bond acceptors (Lipinski definition) is 3. The molecule has 1 N–H and O–H groups in total. The zero-order valence-corrected chi connectivity index (χ0v) is 9.17. The van der Waals surface area contributed by atoms with E-state index in [0.29, 0.717) is 0 Å². The molecule has 0 fully saturated rings. The lowest BCUT2D eigenvalue weighted by Crippen LogP contribution is -2.12. The van der Waals surface area contributed by atoms with Crippen molar-refractivity contribution in [2.24, 2.45) is 0 Å². The summed E-state index contributed by atoms with van der Waals surface area (Å²) in [5, 5.41) is 2.91. The van der Waals surface area contributed by atoms with E-state index >= 15 is 0 Å². The fourth-order valence-corrected chi connectivity index (χ4v) is 2.15. The van der Waals surface area contributed by atoms with E-state index in [1.54, 1.807) is 21.6 Å². The molecule has 0 aromatic rings. The summed E-state index contributed by atoms with van der Waals surface area (Å²) in [6.45, 7) is 6.51. The normalized spacial score (nSPS) is 11.2. The van der Waals surface area contributed by atoms with Gasteiger partial charge in [0, 0.05) is 11.8 Å². The van der Waals surface area contributed by atoms with Crippen LogP contribution in [0.25, 0.3) is 0 Å². The molecule has 0 unspecified atom stereocenters. The zero-order valence-electron chi connectivity index (χ0n) is 6.72. The minimum Gasteiger partial charge on any atom is -0.373 e. The lowest BCUT2D eigenvalue weighted by Gasteiger charge is -2.15. The fraction of sp³-hybridized carbons (Fsp3) is 0.833. The molecule has 0 atom stereocenters. The van der Waals surface area contributed by atoms with E-state index in [0.717, 1.165) is 4.32 Å². The predicted octanol–water partition coefficient (Wildman–Crippen LogP) is 2.67. The van der Waals surface area contributed by atoms with Gasteiger partial charge in [0.2, 0.25) is 0 Å². The monoisotopic (exact) mass is 195 g/mol. The first-order valence-electron chi connectivity index (χ1n) is 3.03. The standard InChI is InChI=1S/C6H13NS3/c1-6(2,3)10-9-5(8)7-4/h1-4H3,(H,7,8). The zero-order chi connectivity index (χ0) is 8.20. The van der Waals surface area contributed by atoms with E-state index in [2.05, 4.69) is 26.1 Å². The Balaban J connectivity index is 3.46. The third-order valence-electron chi connectivity index (χ3n) is 0.571. The van der Waals surface area contributed by atoms with Gasteiger partial charge in [0.15, 0.2) is 0 Å². The number of nitrogens with one attached hydrogen (secondary N) is 1. The predicted molar refractivity (Wildman–Crippen MR) is 56.6 cm³/mol. The van der Waals surface area contributed by atoms with Crippen molar-refractivity contribution in [1.82, 2.24) is 5.32 Å². The highest BCUT2D eigenvalue weighted by atomic mass is 33.1. The molecule has 60 valence electrons. The molecule has 4 heteroatoms. The number of hydrogen-bond donors (Lipinski definition) is 1. The molecule has 0 aromatic heterocycles. The largest absolute Gasteiger partial charge is 0.373 e. The Morgan fingerprint density at radius 1 is 1.40 bits per heavy atom. The quantitative estimate of drug-likeness (QED) is 0.510. The average Bonchev–Trinajstić information content (AvgIpc) is 1.81. The maximum Gasteiger partial charge on any atom is 0.144 e. The van der Waals surface area contributed by atoms with Gasteiger partial charge >= 0.3 is 0 Å². The second-order valence-corrected chi connectivity index (χ2v) is 6.45. The molecule has 0 aliphatic rings. The molecular weight excluding hydrogens is 182 g/mol. The summed E-state index contributed by atoms with van der Waals surface area (Å²) in [7, 11) is 5.25. The summed E-state index contributed by atoms with van der Waals surface area (Å²) in [5.74, 6) is 0. The second-order valence-electron chi connectivity index (χ2n) is 2.82. The summed E-state index contributed by atoms with van der Waals surface area (Å²) in [5.41, 5.74) is 0. The minimum atomic E-state index is 0.283. The van der Waals surface area contributed by atoms with Crippen molar-refractivity contribution in [3.63, 3.8) is 0 Å². The van der Waals surface area contributed by atoms with Crippen LogP contribution in [-0.4, -0.2) is 16.1 Å². The second kappa shape index (κ2) is 4.46. The van der Waals surface area contributed by atoms with Crippen molar-refractivity contribution in [2.45, 2.75) is 25.5 Å². The van der Waals surface area contributed by atoms with Crippen LogP contribution in [-0.2, 0) is 0 Å². The van der Waals surface area contributed by atoms with Gasteiger partial charge in [-0.1, -0.05) is 43.8 Å². The van der Waals surface area contributed by atoms with Crippen LogP contribution < -0.4 is 5.32 Å². The highest BCUT2D eigenvalue weighted by Crippen LogP contribution is 2.35. The van der Waals surface area contributed by atoms with Crippen LogP contribution >= 0.6 is 33.8 Å². The van der Waals surface area contributed by atoms with Gasteiger partial charge in [0.1, 0.15) is 4.32 Å². The maximum absolute atomic E-state index is 4.95. The Morgan fingerprint density at radius 2 is 1.90 bits per heavy atom. The van der Waals surface area contributed by atoms with E-state index in [1.807, 2.05) is 7.05 Å². The van der Waals surface area contributed by atoms with Gasteiger partial charge < -0.3 is 5.32 Å². The topological polar surface area (TPSA) is 12.0 Å². The van der Waals surface area contributed by atoms with Gasteiger partial charge in [0.25, 0.3) is 0 Å². The first-order chi connectivity index (χ1) is 4.45. The Hall–Kier alpha value is 0.590. The average molecular weight is 195 g/mol. The number of thiocarbonyl (C=S) groups is 1. The molecule has 0 aromatic carbocycles. The van der Waals surface area contributed by atoms with Crippen molar-refractivity contribution < 1.29 is 0 Å². The van der Waals surface area contributed by atoms with Crippen LogP contribution in [0.3, 0.4) is 0 Å². The van der Waals surface area contributed by atoms with E-state index in [1.165, 1.54) is 0 Å². The SMILES string of the molecule is CNC(=S)SSC(C)(C)C. The van der Waals surface area contributed by atoms with Gasteiger partial charge in [-0.25, -0.2) is 0 Å². The van der Waals surface area contributed by atoms with E-state index < -0.39 is 0 Å². The summed E-state index contributed by atoms with van der Waals surface area (Å²) in [4.78, 5) is 0. The molecule has 0 radical (unpaired) electrons. The molecule has 10 heavy (non-hydrogen) atoms. The highest BCUT2D eigenvalue weighted by Gasteiger charge is 2.11. The minimum absolute atomic E-state index is 0.283. The summed E-state index contributed by atoms with van der Waals surface area (Å²) in [6, 6.07) is 0. The van der Waals surface area contributed by atoms with Gasteiger partial charge in [0.05, 0.1) is 0 Å². The first-order valence-corrected chi connectivity index (χ1v) is 5.59. The molecule has 0 heterocycles. The number of rotatable bonds is 1. The molecule has 0 amide bonds. The van der Waals surface area contributed by atoms with Gasteiger partial charge in [-0.3, -0.25) is 0 Å². The van der Waals surface area contributed by atoms with E-state index in [9.17, 15) is 0 Å².